The normalized spacial score (nSPS) is 25.5. The van der Waals surface area contributed by atoms with Crippen molar-refractivity contribution in [1.29, 1.82) is 0 Å². The number of esters is 2. The van der Waals surface area contributed by atoms with E-state index < -0.39 is 29.2 Å². The molecule has 5 heteroatoms. The lowest BCUT2D eigenvalue weighted by Crippen LogP contribution is -2.54. The zero-order valence-electron chi connectivity index (χ0n) is 14.5. The largest absolute Gasteiger partial charge is 0.463 e. The topological polar surface area (TPSA) is 69.7 Å². The van der Waals surface area contributed by atoms with Crippen molar-refractivity contribution in [2.45, 2.75) is 45.1 Å². The molecule has 132 valence electrons. The second-order valence-corrected chi connectivity index (χ2v) is 6.44. The summed E-state index contributed by atoms with van der Waals surface area (Å²) in [6.07, 6.45) is 3.19. The number of rotatable bonds is 4. The molecule has 0 aliphatic heterocycles. The summed E-state index contributed by atoms with van der Waals surface area (Å²) in [6.45, 7) is 3.02. The van der Waals surface area contributed by atoms with Crippen molar-refractivity contribution < 1.29 is 23.9 Å². The summed E-state index contributed by atoms with van der Waals surface area (Å²) in [5.74, 6) is -2.30. The van der Waals surface area contributed by atoms with Crippen molar-refractivity contribution in [3.05, 3.63) is 41.5 Å². The third kappa shape index (κ3) is 2.77. The number of fused-ring (bicyclic) bond motifs is 1. The van der Waals surface area contributed by atoms with Gasteiger partial charge in [0.25, 0.3) is 5.60 Å². The molecule has 25 heavy (non-hydrogen) atoms. The highest BCUT2D eigenvalue weighted by atomic mass is 16.6. The molecule has 3 rings (SSSR count). The molecule has 2 aliphatic carbocycles. The van der Waals surface area contributed by atoms with Gasteiger partial charge >= 0.3 is 11.9 Å². The molecule has 1 saturated carbocycles. The fourth-order valence-electron chi connectivity index (χ4n) is 4.03. The lowest BCUT2D eigenvalue weighted by molar-refractivity contribution is -0.187. The highest BCUT2D eigenvalue weighted by molar-refractivity contribution is 6.35. The first-order valence-electron chi connectivity index (χ1n) is 8.72. The molecule has 2 atom stereocenters. The minimum Gasteiger partial charge on any atom is -0.463 e. The minimum absolute atomic E-state index is 0.123. The van der Waals surface area contributed by atoms with Gasteiger partial charge in [-0.15, -0.1) is 0 Å². The maximum Gasteiger partial charge on any atom is 0.359 e. The predicted molar refractivity (Wildman–Crippen MR) is 91.5 cm³/mol. The van der Waals surface area contributed by atoms with Crippen LogP contribution in [0, 0.1) is 5.92 Å². The molecule has 0 aromatic heterocycles. The van der Waals surface area contributed by atoms with Crippen LogP contribution in [0.25, 0.3) is 5.57 Å². The fraction of sp³-hybridized carbons (Fsp3) is 0.450. The number of hydrogen-bond donors (Lipinski definition) is 0. The molecule has 2 aliphatic rings. The Labute approximate surface area is 147 Å². The first-order valence-corrected chi connectivity index (χ1v) is 8.72. The average Bonchev–Trinajstić information content (AvgIpc) is 2.85. The Kier molecular flexibility index (Phi) is 4.75. The summed E-state index contributed by atoms with van der Waals surface area (Å²) < 4.78 is 10.6. The SMILES string of the molecule is CCOC(=O)[C@@]1(OC(C)=O)C(=O)C(c2ccccc2)=C2CCCC[C@H]21. The van der Waals surface area contributed by atoms with Crippen molar-refractivity contribution >= 4 is 23.3 Å². The second-order valence-electron chi connectivity index (χ2n) is 6.44. The number of ketones is 1. The zero-order chi connectivity index (χ0) is 18.0. The van der Waals surface area contributed by atoms with Crippen molar-refractivity contribution in [3.63, 3.8) is 0 Å². The molecule has 0 bridgehead atoms. The lowest BCUT2D eigenvalue weighted by atomic mass is 9.77. The summed E-state index contributed by atoms with van der Waals surface area (Å²) in [5.41, 5.74) is 0.312. The minimum atomic E-state index is -1.87. The monoisotopic (exact) mass is 342 g/mol. The summed E-state index contributed by atoms with van der Waals surface area (Å²) in [5, 5.41) is 0. The molecule has 0 unspecified atom stereocenters. The lowest BCUT2D eigenvalue weighted by Gasteiger charge is -2.34. The van der Waals surface area contributed by atoms with Gasteiger partial charge in [0.1, 0.15) is 0 Å². The Morgan fingerprint density at radius 2 is 1.92 bits per heavy atom. The molecule has 1 fully saturated rings. The van der Waals surface area contributed by atoms with E-state index in [0.29, 0.717) is 12.0 Å². The van der Waals surface area contributed by atoms with Gasteiger partial charge in [0, 0.05) is 18.4 Å². The number of carbonyl (C=O) groups excluding carboxylic acids is 3. The third-order valence-electron chi connectivity index (χ3n) is 4.93. The molecule has 0 heterocycles. The van der Waals surface area contributed by atoms with Crippen LogP contribution in [0.15, 0.2) is 35.9 Å². The Morgan fingerprint density at radius 1 is 1.20 bits per heavy atom. The number of Topliss-reactive ketones (excluding diaryl/α,β-unsaturated/α-hetero) is 1. The molecule has 0 saturated heterocycles. The highest BCUT2D eigenvalue weighted by Crippen LogP contribution is 2.51. The molecular weight excluding hydrogens is 320 g/mol. The van der Waals surface area contributed by atoms with Crippen LogP contribution < -0.4 is 0 Å². The van der Waals surface area contributed by atoms with Crippen molar-refractivity contribution in [1.82, 2.24) is 0 Å². The maximum absolute atomic E-state index is 13.4. The summed E-state index contributed by atoms with van der Waals surface area (Å²) in [7, 11) is 0. The van der Waals surface area contributed by atoms with Gasteiger partial charge in [-0.3, -0.25) is 9.59 Å². The molecule has 0 N–H and O–H groups in total. The van der Waals surface area contributed by atoms with Crippen molar-refractivity contribution in [2.24, 2.45) is 5.92 Å². The fourth-order valence-corrected chi connectivity index (χ4v) is 4.03. The molecule has 5 nitrogen and oxygen atoms in total. The van der Waals surface area contributed by atoms with Crippen LogP contribution in [0.5, 0.6) is 0 Å². The van der Waals surface area contributed by atoms with E-state index in [1.807, 2.05) is 30.3 Å². The Morgan fingerprint density at radius 3 is 2.56 bits per heavy atom. The van der Waals surface area contributed by atoms with Crippen LogP contribution in [0.4, 0.5) is 0 Å². The van der Waals surface area contributed by atoms with Crippen molar-refractivity contribution in [3.8, 4) is 0 Å². The standard InChI is InChI=1S/C20H22O5/c1-3-24-19(23)20(25-13(2)21)16-12-8-7-11-15(16)17(18(20)22)14-9-5-4-6-10-14/h4-6,9-10,16H,3,7-8,11-12H2,1-2H3/t16-,20+/m1/s1. The van der Waals surface area contributed by atoms with Gasteiger partial charge in [-0.2, -0.15) is 0 Å². The van der Waals surface area contributed by atoms with Gasteiger partial charge in [-0.1, -0.05) is 42.3 Å². The van der Waals surface area contributed by atoms with Gasteiger partial charge in [0.15, 0.2) is 0 Å². The Balaban J connectivity index is 2.16. The first kappa shape index (κ1) is 17.4. The smallest absolute Gasteiger partial charge is 0.359 e. The molecule has 0 radical (unpaired) electrons. The number of benzene rings is 1. The van der Waals surface area contributed by atoms with E-state index in [1.54, 1.807) is 6.92 Å². The maximum atomic E-state index is 13.4. The molecular formula is C20H22O5. The second kappa shape index (κ2) is 6.82. The summed E-state index contributed by atoms with van der Waals surface area (Å²) in [6, 6.07) is 9.27. The number of carbonyl (C=O) groups is 3. The van der Waals surface area contributed by atoms with Gasteiger partial charge in [0.05, 0.1) is 6.61 Å². The summed E-state index contributed by atoms with van der Waals surface area (Å²) >= 11 is 0. The van der Waals surface area contributed by atoms with Gasteiger partial charge in [0.2, 0.25) is 5.78 Å². The molecule has 0 spiro atoms. The third-order valence-corrected chi connectivity index (χ3v) is 4.93. The van der Waals surface area contributed by atoms with Gasteiger partial charge in [-0.25, -0.2) is 4.79 Å². The van der Waals surface area contributed by atoms with E-state index in [4.69, 9.17) is 9.47 Å². The van der Waals surface area contributed by atoms with E-state index in [0.717, 1.165) is 30.4 Å². The Hall–Kier alpha value is -2.43. The molecule has 1 aromatic carbocycles. The number of ether oxygens (including phenoxy) is 2. The van der Waals surface area contributed by atoms with Gasteiger partial charge < -0.3 is 9.47 Å². The summed E-state index contributed by atoms with van der Waals surface area (Å²) in [4.78, 5) is 38.0. The zero-order valence-corrected chi connectivity index (χ0v) is 14.5. The Bertz CT molecular complexity index is 734. The van der Waals surface area contributed by atoms with Crippen LogP contribution >= 0.6 is 0 Å². The van der Waals surface area contributed by atoms with Crippen LogP contribution in [-0.4, -0.2) is 29.9 Å². The van der Waals surface area contributed by atoms with E-state index in [-0.39, 0.29) is 6.61 Å². The quantitative estimate of drug-likeness (QED) is 0.621. The predicted octanol–water partition coefficient (Wildman–Crippen LogP) is 3.08. The van der Waals surface area contributed by atoms with Crippen molar-refractivity contribution in [2.75, 3.05) is 6.61 Å². The van der Waals surface area contributed by atoms with E-state index in [9.17, 15) is 14.4 Å². The highest BCUT2D eigenvalue weighted by Gasteiger charge is 2.63. The van der Waals surface area contributed by atoms with Gasteiger partial charge in [-0.05, 0) is 31.7 Å². The van der Waals surface area contributed by atoms with E-state index >= 15 is 0 Å². The van der Waals surface area contributed by atoms with Crippen LogP contribution in [-0.2, 0) is 23.9 Å². The number of hydrogen-bond acceptors (Lipinski definition) is 5. The van der Waals surface area contributed by atoms with Crippen LogP contribution in [0.3, 0.4) is 0 Å². The average molecular weight is 342 g/mol. The first-order chi connectivity index (χ1) is 12.0. The van der Waals surface area contributed by atoms with E-state index in [2.05, 4.69) is 0 Å². The van der Waals surface area contributed by atoms with E-state index in [1.165, 1.54) is 6.92 Å². The van der Waals surface area contributed by atoms with Crippen LogP contribution in [0.2, 0.25) is 0 Å². The molecule has 1 aromatic rings. The molecule has 0 amide bonds. The van der Waals surface area contributed by atoms with Crippen LogP contribution in [0.1, 0.15) is 45.1 Å².